The molecule has 2 aromatic rings. The molecule has 1 aromatic heterocycles. The lowest BCUT2D eigenvalue weighted by atomic mass is 10.2. The van der Waals surface area contributed by atoms with Gasteiger partial charge in [0.15, 0.2) is 5.13 Å². The molecule has 4 rings (SSSR count). The number of sulfonamides is 1. The van der Waals surface area contributed by atoms with Crippen LogP contribution in [0.2, 0.25) is 0 Å². The van der Waals surface area contributed by atoms with Crippen molar-refractivity contribution in [2.24, 2.45) is 0 Å². The third-order valence-electron chi connectivity index (χ3n) is 5.26. The number of hydrogen-bond donors (Lipinski definition) is 1. The van der Waals surface area contributed by atoms with Gasteiger partial charge in [0.1, 0.15) is 0 Å². The first-order valence-corrected chi connectivity index (χ1v) is 12.0. The predicted molar refractivity (Wildman–Crippen MR) is 111 cm³/mol. The minimum absolute atomic E-state index is 0.196. The van der Waals surface area contributed by atoms with Crippen molar-refractivity contribution in [3.63, 3.8) is 0 Å². The molecular weight excluding hydrogens is 412 g/mol. The monoisotopic (exact) mass is 436 g/mol. The summed E-state index contributed by atoms with van der Waals surface area (Å²) in [7, 11) is -3.55. The van der Waals surface area contributed by atoms with Crippen molar-refractivity contribution < 1.29 is 17.9 Å². The number of anilines is 1. The fourth-order valence-corrected chi connectivity index (χ4v) is 5.83. The van der Waals surface area contributed by atoms with E-state index in [9.17, 15) is 13.2 Å². The van der Waals surface area contributed by atoms with E-state index in [0.29, 0.717) is 38.4 Å². The summed E-state index contributed by atoms with van der Waals surface area (Å²) < 4.78 is 32.0. The number of carbonyl (C=O) groups is 1. The Bertz CT molecular complexity index is 926. The third kappa shape index (κ3) is 4.45. The van der Waals surface area contributed by atoms with Crippen LogP contribution in [0.5, 0.6) is 0 Å². The summed E-state index contributed by atoms with van der Waals surface area (Å²) in [6, 6.07) is 6.35. The number of carbonyl (C=O) groups excluding carboxylic acids is 1. The minimum Gasteiger partial charge on any atom is -0.379 e. The van der Waals surface area contributed by atoms with Gasteiger partial charge in [-0.1, -0.05) is 0 Å². The zero-order chi connectivity index (χ0) is 20.3. The van der Waals surface area contributed by atoms with Gasteiger partial charge < -0.3 is 15.0 Å². The van der Waals surface area contributed by atoms with E-state index in [1.807, 2.05) is 5.38 Å². The molecule has 1 N–H and O–H groups in total. The number of hydrogen-bond acceptors (Lipinski definition) is 7. The van der Waals surface area contributed by atoms with Gasteiger partial charge in [-0.25, -0.2) is 13.4 Å². The highest BCUT2D eigenvalue weighted by molar-refractivity contribution is 7.89. The molecule has 1 amide bonds. The second-order valence-corrected chi connectivity index (χ2v) is 9.87. The van der Waals surface area contributed by atoms with E-state index < -0.39 is 10.0 Å². The topological polar surface area (TPSA) is 91.8 Å². The molecule has 8 nitrogen and oxygen atoms in total. The molecule has 2 aliphatic heterocycles. The Morgan fingerprint density at radius 1 is 1.21 bits per heavy atom. The summed E-state index contributed by atoms with van der Waals surface area (Å²) in [6.07, 6.45) is 3.88. The first-order valence-electron chi connectivity index (χ1n) is 9.68. The van der Waals surface area contributed by atoms with E-state index in [-0.39, 0.29) is 16.8 Å². The highest BCUT2D eigenvalue weighted by Crippen LogP contribution is 2.26. The van der Waals surface area contributed by atoms with E-state index >= 15 is 0 Å². The molecule has 156 valence electrons. The Kier molecular flexibility index (Phi) is 6.14. The number of thiazole rings is 1. The quantitative estimate of drug-likeness (QED) is 0.739. The molecule has 2 aliphatic rings. The maximum absolute atomic E-state index is 12.7. The van der Waals surface area contributed by atoms with Gasteiger partial charge in [0.25, 0.3) is 5.91 Å². The van der Waals surface area contributed by atoms with E-state index in [0.717, 1.165) is 24.5 Å². The molecule has 2 saturated heterocycles. The van der Waals surface area contributed by atoms with Crippen LogP contribution in [0.15, 0.2) is 40.7 Å². The van der Waals surface area contributed by atoms with Crippen molar-refractivity contribution in [3.8, 4) is 0 Å². The van der Waals surface area contributed by atoms with Gasteiger partial charge in [-0.2, -0.15) is 4.31 Å². The Morgan fingerprint density at radius 3 is 2.66 bits per heavy atom. The van der Waals surface area contributed by atoms with Crippen molar-refractivity contribution in [3.05, 3.63) is 41.4 Å². The lowest BCUT2D eigenvalue weighted by molar-refractivity contribution is 0.0730. The van der Waals surface area contributed by atoms with Crippen molar-refractivity contribution in [2.45, 2.75) is 23.8 Å². The lowest BCUT2D eigenvalue weighted by Crippen LogP contribution is -2.40. The molecule has 0 saturated carbocycles. The van der Waals surface area contributed by atoms with Crippen LogP contribution in [0.3, 0.4) is 0 Å². The summed E-state index contributed by atoms with van der Waals surface area (Å²) in [5.41, 5.74) is 0.449. The lowest BCUT2D eigenvalue weighted by Gasteiger charge is -2.26. The molecule has 29 heavy (non-hydrogen) atoms. The maximum atomic E-state index is 12.7. The van der Waals surface area contributed by atoms with Crippen LogP contribution in [0.1, 0.15) is 23.2 Å². The highest BCUT2D eigenvalue weighted by atomic mass is 32.2. The highest BCUT2D eigenvalue weighted by Gasteiger charge is 2.28. The number of morpholine rings is 1. The van der Waals surface area contributed by atoms with Crippen molar-refractivity contribution >= 4 is 32.4 Å². The van der Waals surface area contributed by atoms with Gasteiger partial charge in [0, 0.05) is 49.4 Å². The average Bonchev–Trinajstić information content (AvgIpc) is 3.44. The van der Waals surface area contributed by atoms with Crippen molar-refractivity contribution in [2.75, 3.05) is 44.3 Å². The molecule has 0 radical (unpaired) electrons. The number of nitrogens with zero attached hydrogens (tertiary/aromatic N) is 3. The smallest absolute Gasteiger partial charge is 0.251 e. The molecule has 1 aromatic carbocycles. The minimum atomic E-state index is -3.55. The second kappa shape index (κ2) is 8.78. The molecule has 1 unspecified atom stereocenters. The Morgan fingerprint density at radius 2 is 1.97 bits per heavy atom. The number of aromatic nitrogens is 1. The zero-order valence-corrected chi connectivity index (χ0v) is 17.6. The van der Waals surface area contributed by atoms with Gasteiger partial charge in [-0.3, -0.25) is 4.79 Å². The van der Waals surface area contributed by atoms with Crippen LogP contribution in [0, 0.1) is 0 Å². The van der Waals surface area contributed by atoms with E-state index in [1.54, 1.807) is 29.7 Å². The normalized spacial score (nSPS) is 20.7. The van der Waals surface area contributed by atoms with Crippen LogP contribution >= 0.6 is 11.3 Å². The fourth-order valence-electron chi connectivity index (χ4n) is 3.68. The molecule has 1 atom stereocenters. The molecule has 0 bridgehead atoms. The van der Waals surface area contributed by atoms with Crippen LogP contribution < -0.4 is 10.2 Å². The Balaban J connectivity index is 1.37. The molecule has 2 fully saturated rings. The van der Waals surface area contributed by atoms with Gasteiger partial charge in [0.05, 0.1) is 18.1 Å². The molecule has 10 heteroatoms. The van der Waals surface area contributed by atoms with Gasteiger partial charge in [-0.05, 0) is 37.1 Å². The van der Waals surface area contributed by atoms with Crippen LogP contribution in [0.4, 0.5) is 5.13 Å². The first-order chi connectivity index (χ1) is 14.1. The molecular formula is C19H24N4O4S2. The third-order valence-corrected chi connectivity index (χ3v) is 7.99. The molecule has 3 heterocycles. The van der Waals surface area contributed by atoms with Crippen LogP contribution in [-0.2, 0) is 14.8 Å². The number of benzene rings is 1. The SMILES string of the molecule is O=C(NCC1CCCN1c1nccs1)c1ccc(S(=O)(=O)N2CCOCC2)cc1. The van der Waals surface area contributed by atoms with Crippen LogP contribution in [-0.4, -0.2) is 69.0 Å². The van der Waals surface area contributed by atoms with Crippen molar-refractivity contribution in [1.29, 1.82) is 0 Å². The number of nitrogens with one attached hydrogen (secondary N) is 1. The maximum Gasteiger partial charge on any atom is 0.251 e. The van der Waals surface area contributed by atoms with E-state index in [4.69, 9.17) is 4.74 Å². The van der Waals surface area contributed by atoms with Gasteiger partial charge in [0.2, 0.25) is 10.0 Å². The standard InChI is InChI=1S/C19H24N4O4S2/c24-18(21-14-16-2-1-8-23(16)19-20-7-13-28-19)15-3-5-17(6-4-15)29(25,26)22-9-11-27-12-10-22/h3-7,13,16H,1-2,8-12,14H2,(H,21,24). The number of rotatable bonds is 6. The largest absolute Gasteiger partial charge is 0.379 e. The average molecular weight is 437 g/mol. The molecule has 0 spiro atoms. The summed E-state index contributed by atoms with van der Waals surface area (Å²) >= 11 is 1.60. The fraction of sp³-hybridized carbons (Fsp3) is 0.474. The van der Waals surface area contributed by atoms with Gasteiger partial charge >= 0.3 is 0 Å². The van der Waals surface area contributed by atoms with Crippen molar-refractivity contribution in [1.82, 2.24) is 14.6 Å². The summed E-state index contributed by atoms with van der Waals surface area (Å²) in [5.74, 6) is -0.202. The second-order valence-electron chi connectivity index (χ2n) is 7.05. The van der Waals surface area contributed by atoms with E-state index in [1.165, 1.54) is 16.4 Å². The summed E-state index contributed by atoms with van der Waals surface area (Å²) in [6.45, 7) is 2.98. The molecule has 0 aliphatic carbocycles. The van der Waals surface area contributed by atoms with Gasteiger partial charge in [-0.15, -0.1) is 11.3 Å². The predicted octanol–water partition coefficient (Wildman–Crippen LogP) is 1.56. The Hall–Kier alpha value is -2.01. The number of amides is 1. The first kappa shape index (κ1) is 20.3. The number of ether oxygens (including phenoxy) is 1. The zero-order valence-electron chi connectivity index (χ0n) is 16.0. The Labute approximate surface area is 174 Å². The summed E-state index contributed by atoms with van der Waals surface area (Å²) in [5, 5.41) is 5.91. The van der Waals surface area contributed by atoms with Crippen LogP contribution in [0.25, 0.3) is 0 Å². The van der Waals surface area contributed by atoms with E-state index in [2.05, 4.69) is 15.2 Å². The summed E-state index contributed by atoms with van der Waals surface area (Å²) in [4.78, 5) is 19.3.